The van der Waals surface area contributed by atoms with Crippen LogP contribution in [0.4, 0.5) is 14.6 Å². The van der Waals surface area contributed by atoms with E-state index in [9.17, 15) is 13.3 Å². The zero-order chi connectivity index (χ0) is 22.3. The molecule has 12 heteroatoms. The van der Waals surface area contributed by atoms with Crippen molar-refractivity contribution in [3.8, 4) is 0 Å². The summed E-state index contributed by atoms with van der Waals surface area (Å²) in [6, 6.07) is 0. The number of anilines is 1. The van der Waals surface area contributed by atoms with E-state index in [0.717, 1.165) is 43.9 Å². The minimum atomic E-state index is -2.50. The van der Waals surface area contributed by atoms with Crippen molar-refractivity contribution in [1.29, 1.82) is 0 Å². The summed E-state index contributed by atoms with van der Waals surface area (Å²) in [4.78, 5) is 16.8. The first-order valence-corrected chi connectivity index (χ1v) is 13.0. The molecule has 2 saturated heterocycles. The summed E-state index contributed by atoms with van der Waals surface area (Å²) >= 11 is 1.70. The van der Waals surface area contributed by atoms with Gasteiger partial charge in [0, 0.05) is 29.6 Å². The maximum absolute atomic E-state index is 12.9. The zero-order valence-electron chi connectivity index (χ0n) is 17.8. The molecule has 0 bridgehead atoms. The van der Waals surface area contributed by atoms with Crippen LogP contribution in [0.2, 0.25) is 0 Å². The van der Waals surface area contributed by atoms with Crippen LogP contribution in [0.3, 0.4) is 0 Å². The van der Waals surface area contributed by atoms with Gasteiger partial charge in [-0.05, 0) is 19.3 Å². The van der Waals surface area contributed by atoms with Crippen molar-refractivity contribution >= 4 is 36.3 Å². The Morgan fingerprint density at radius 3 is 2.75 bits per heavy atom. The lowest BCUT2D eigenvalue weighted by molar-refractivity contribution is 0.123. The van der Waals surface area contributed by atoms with Crippen molar-refractivity contribution in [2.45, 2.75) is 45.7 Å². The van der Waals surface area contributed by atoms with Gasteiger partial charge in [-0.2, -0.15) is 5.10 Å². The minimum absolute atomic E-state index is 0.0454. The quantitative estimate of drug-likeness (QED) is 0.494. The highest BCUT2D eigenvalue weighted by atomic mass is 32.1. The molecular weight excluding hydrogens is 455 g/mol. The Bertz CT molecular complexity index is 1130. The fourth-order valence-corrected chi connectivity index (χ4v) is 7.47. The Kier molecular flexibility index (Phi) is 5.90. The van der Waals surface area contributed by atoms with E-state index in [4.69, 9.17) is 0 Å². The average molecular weight is 481 g/mol. The minimum Gasteiger partial charge on any atom is -0.355 e. The molecule has 2 aliphatic rings. The molecule has 8 nitrogen and oxygen atoms in total. The van der Waals surface area contributed by atoms with E-state index < -0.39 is 20.9 Å². The predicted molar refractivity (Wildman–Crippen MR) is 120 cm³/mol. The molecular formula is C20H25F2N7OPS+. The summed E-state index contributed by atoms with van der Waals surface area (Å²) in [6.07, 6.45) is 6.09. The van der Waals surface area contributed by atoms with Crippen LogP contribution in [0.1, 0.15) is 29.7 Å². The van der Waals surface area contributed by atoms with Crippen LogP contribution in [0, 0.1) is 5.41 Å². The predicted octanol–water partition coefficient (Wildman–Crippen LogP) is 3.96. The Morgan fingerprint density at radius 2 is 2.03 bits per heavy atom. The van der Waals surface area contributed by atoms with Crippen LogP contribution in [0.15, 0.2) is 18.6 Å². The van der Waals surface area contributed by atoms with Crippen molar-refractivity contribution in [3.63, 3.8) is 0 Å². The van der Waals surface area contributed by atoms with Crippen molar-refractivity contribution in [2.75, 3.05) is 30.7 Å². The second-order valence-corrected chi connectivity index (χ2v) is 11.3. The summed E-state index contributed by atoms with van der Waals surface area (Å²) in [7, 11) is -1.40. The van der Waals surface area contributed by atoms with E-state index in [-0.39, 0.29) is 5.41 Å². The Morgan fingerprint density at radius 1 is 1.22 bits per heavy atom. The van der Waals surface area contributed by atoms with Gasteiger partial charge in [0.15, 0.2) is 11.8 Å². The number of nitrogens with zero attached hydrogens (tertiary/aromatic N) is 7. The second-order valence-electron chi connectivity index (χ2n) is 8.55. The third-order valence-corrected chi connectivity index (χ3v) is 9.34. The van der Waals surface area contributed by atoms with Crippen LogP contribution >= 0.6 is 19.3 Å². The molecule has 0 saturated carbocycles. The zero-order valence-corrected chi connectivity index (χ0v) is 19.5. The molecule has 0 aliphatic carbocycles. The Balaban J connectivity index is 1.25. The molecule has 1 spiro atoms. The highest BCUT2D eigenvalue weighted by Crippen LogP contribution is 2.51. The molecule has 3 aromatic rings. The van der Waals surface area contributed by atoms with Crippen molar-refractivity contribution in [2.24, 2.45) is 5.41 Å². The first-order valence-electron chi connectivity index (χ1n) is 10.8. The van der Waals surface area contributed by atoms with Gasteiger partial charge in [0.25, 0.3) is 6.43 Å². The topological polar surface area (TPSA) is 80.0 Å². The van der Waals surface area contributed by atoms with Gasteiger partial charge < -0.3 is 4.90 Å². The van der Waals surface area contributed by atoms with Crippen molar-refractivity contribution in [3.05, 3.63) is 28.5 Å². The molecule has 1 atom stereocenters. The highest BCUT2D eigenvalue weighted by Gasteiger charge is 2.53. The van der Waals surface area contributed by atoms with Crippen LogP contribution < -0.4 is 4.90 Å². The van der Waals surface area contributed by atoms with E-state index in [1.165, 1.54) is 15.8 Å². The number of rotatable bonds is 6. The first kappa shape index (κ1) is 21.7. The van der Waals surface area contributed by atoms with E-state index in [2.05, 4.69) is 36.5 Å². The van der Waals surface area contributed by atoms with Gasteiger partial charge in [-0.15, -0.1) is 11.3 Å². The van der Waals surface area contributed by atoms with Crippen molar-refractivity contribution in [1.82, 2.24) is 29.4 Å². The Labute approximate surface area is 189 Å². The molecule has 5 heterocycles. The van der Waals surface area contributed by atoms with Crippen LogP contribution in [-0.2, 0) is 24.1 Å². The molecule has 5 rings (SSSR count). The molecule has 2 aliphatic heterocycles. The van der Waals surface area contributed by atoms with Gasteiger partial charge in [-0.25, -0.2) is 28.4 Å². The molecule has 1 unspecified atom stereocenters. The highest BCUT2D eigenvalue weighted by molar-refractivity contribution is 7.42. The number of fused-ring (bicyclic) bond motifs is 1. The maximum atomic E-state index is 12.9. The normalized spacial score (nSPS) is 20.2. The van der Waals surface area contributed by atoms with E-state index in [1.54, 1.807) is 17.5 Å². The summed E-state index contributed by atoms with van der Waals surface area (Å²) in [6.45, 7) is 4.65. The fraction of sp³-hybridized carbons (Fsp3) is 0.600. The van der Waals surface area contributed by atoms with Gasteiger partial charge in [0.05, 0.1) is 25.5 Å². The number of hydrogen-bond acceptors (Lipinski definition) is 7. The van der Waals surface area contributed by atoms with Gasteiger partial charge >= 0.3 is 7.95 Å². The molecule has 170 valence electrons. The van der Waals surface area contributed by atoms with Gasteiger partial charge in [0.2, 0.25) is 0 Å². The van der Waals surface area contributed by atoms with Gasteiger partial charge in [-0.3, -0.25) is 0 Å². The lowest BCUT2D eigenvalue weighted by Crippen LogP contribution is -2.43. The monoisotopic (exact) mass is 480 g/mol. The van der Waals surface area contributed by atoms with E-state index in [0.29, 0.717) is 29.7 Å². The number of alkyl halides is 2. The SMILES string of the molecule is CCc1cnc(CN2CC3(CCN(c4cnc5cnn(CC(F)F)c5n4)CC3)C[P+]2=O)s1. The van der Waals surface area contributed by atoms with E-state index >= 15 is 0 Å². The lowest BCUT2D eigenvalue weighted by atomic mass is 9.80. The number of halogens is 2. The average Bonchev–Trinajstić information content (AvgIpc) is 3.47. The van der Waals surface area contributed by atoms with Crippen molar-refractivity contribution < 1.29 is 13.3 Å². The largest absolute Gasteiger partial charge is 0.435 e. The summed E-state index contributed by atoms with van der Waals surface area (Å²) in [5.74, 6) is 0.678. The first-order chi connectivity index (χ1) is 15.4. The fourth-order valence-electron chi connectivity index (χ4n) is 4.56. The number of piperidine rings is 1. The number of aromatic nitrogens is 5. The van der Waals surface area contributed by atoms with Gasteiger partial charge in [-0.1, -0.05) is 16.2 Å². The second kappa shape index (κ2) is 8.68. The number of hydrogen-bond donors (Lipinski definition) is 0. The van der Waals surface area contributed by atoms with Crippen LogP contribution in [-0.4, -0.2) is 61.6 Å². The molecule has 0 radical (unpaired) electrons. The molecule has 0 N–H and O–H groups in total. The Hall–Kier alpha value is -2.10. The summed E-state index contributed by atoms with van der Waals surface area (Å²) in [5.41, 5.74) is 0.942. The van der Waals surface area contributed by atoms with Crippen LogP contribution in [0.25, 0.3) is 11.2 Å². The third-order valence-electron chi connectivity index (χ3n) is 6.36. The number of aryl methyl sites for hydroxylation is 1. The molecule has 0 aromatic carbocycles. The standard InChI is InChI=1S/C20H25F2N7OPS/c1-2-14-7-24-18(32-14)11-28-12-20(13-31(28)30)3-5-27(6-4-20)17-9-23-15-8-25-29(10-16(21)22)19(15)26-17/h7-9,16H,2-6,10-13H2,1H3/q+1. The molecule has 2 fully saturated rings. The smallest absolute Gasteiger partial charge is 0.355 e. The maximum Gasteiger partial charge on any atom is 0.435 e. The molecule has 3 aromatic heterocycles. The van der Waals surface area contributed by atoms with E-state index in [1.807, 2.05) is 6.20 Å². The van der Waals surface area contributed by atoms with Gasteiger partial charge in [0.1, 0.15) is 22.9 Å². The number of thiazole rings is 1. The molecule has 32 heavy (non-hydrogen) atoms. The molecule has 0 amide bonds. The summed E-state index contributed by atoms with van der Waals surface area (Å²) < 4.78 is 41.8. The lowest BCUT2D eigenvalue weighted by Gasteiger charge is -2.37. The summed E-state index contributed by atoms with van der Waals surface area (Å²) in [5, 5.41) is 5.02. The van der Waals surface area contributed by atoms with Crippen LogP contribution in [0.5, 0.6) is 0 Å². The third kappa shape index (κ3) is 4.25.